The van der Waals surface area contributed by atoms with E-state index in [0.29, 0.717) is 9.35 Å². The van der Waals surface area contributed by atoms with Crippen LogP contribution in [0.1, 0.15) is 18.4 Å². The lowest BCUT2D eigenvalue weighted by molar-refractivity contribution is -0.137. The van der Waals surface area contributed by atoms with Crippen LogP contribution in [0.5, 0.6) is 0 Å². The van der Waals surface area contributed by atoms with Crippen LogP contribution < -0.4 is 0 Å². The van der Waals surface area contributed by atoms with E-state index in [9.17, 15) is 13.2 Å². The van der Waals surface area contributed by atoms with Crippen molar-refractivity contribution in [3.63, 3.8) is 0 Å². The first kappa shape index (κ1) is 14.9. The highest BCUT2D eigenvalue weighted by Gasteiger charge is 2.31. The molecule has 0 unspecified atom stereocenters. The highest BCUT2D eigenvalue weighted by atomic mass is 35.5. The van der Waals surface area contributed by atoms with Crippen LogP contribution in [-0.2, 0) is 6.18 Å². The van der Waals surface area contributed by atoms with Gasteiger partial charge in [-0.05, 0) is 30.7 Å². The fourth-order valence-corrected chi connectivity index (χ4v) is 3.14. The topological polar surface area (TPSA) is 16.1 Å². The van der Waals surface area contributed by atoms with Crippen LogP contribution in [0.25, 0.3) is 0 Å². The second-order valence-electron chi connectivity index (χ2n) is 4.07. The van der Waals surface area contributed by atoms with E-state index in [1.807, 2.05) is 4.90 Å². The molecule has 104 valence electrons. The predicted molar refractivity (Wildman–Crippen MR) is 73.5 cm³/mol. The van der Waals surface area contributed by atoms with Crippen LogP contribution in [0.15, 0.2) is 17.3 Å². The maximum Gasteiger partial charge on any atom is 0.417 e. The molecule has 0 atom stereocenters. The van der Waals surface area contributed by atoms with Crippen molar-refractivity contribution in [3.8, 4) is 0 Å². The van der Waals surface area contributed by atoms with Crippen molar-refractivity contribution in [2.24, 2.45) is 0 Å². The molecule has 0 bridgehead atoms. The minimum absolute atomic E-state index is 0.0265. The number of pyridine rings is 1. The molecular formula is C11H10ClF3N2S2. The molecule has 0 spiro atoms. The van der Waals surface area contributed by atoms with Crippen molar-refractivity contribution < 1.29 is 13.2 Å². The Hall–Kier alpha value is -0.530. The highest BCUT2D eigenvalue weighted by molar-refractivity contribution is 8.22. The highest BCUT2D eigenvalue weighted by Crippen LogP contribution is 2.34. The molecule has 2 heterocycles. The number of thioether (sulfide) groups is 1. The standard InChI is InChI=1S/C11H10ClF3N2S2/c12-8-5-7(11(13,14)15)6-16-9(8)19-10(18)17-3-1-2-4-17/h5-6H,1-4H2. The lowest BCUT2D eigenvalue weighted by Gasteiger charge is -2.17. The third kappa shape index (κ3) is 3.73. The Kier molecular flexibility index (Phi) is 4.58. The first-order valence-electron chi connectivity index (χ1n) is 5.57. The molecule has 0 aromatic carbocycles. The second kappa shape index (κ2) is 5.85. The van der Waals surface area contributed by atoms with E-state index in [1.165, 1.54) is 0 Å². The van der Waals surface area contributed by atoms with Crippen molar-refractivity contribution in [2.45, 2.75) is 24.0 Å². The molecule has 0 aliphatic carbocycles. The number of hydrogen-bond donors (Lipinski definition) is 0. The smallest absolute Gasteiger partial charge is 0.357 e. The quantitative estimate of drug-likeness (QED) is 0.567. The molecule has 0 N–H and O–H groups in total. The zero-order valence-corrected chi connectivity index (χ0v) is 12.1. The van der Waals surface area contributed by atoms with E-state index in [2.05, 4.69) is 4.98 Å². The Morgan fingerprint density at radius 1 is 1.37 bits per heavy atom. The molecular weight excluding hydrogens is 317 g/mol. The van der Waals surface area contributed by atoms with Crippen molar-refractivity contribution in [3.05, 3.63) is 22.8 Å². The third-order valence-electron chi connectivity index (χ3n) is 2.68. The van der Waals surface area contributed by atoms with Gasteiger partial charge in [-0.15, -0.1) is 0 Å². The molecule has 1 aromatic rings. The van der Waals surface area contributed by atoms with Gasteiger partial charge in [0.15, 0.2) is 0 Å². The molecule has 0 saturated carbocycles. The fourth-order valence-electron chi connectivity index (χ4n) is 1.70. The van der Waals surface area contributed by atoms with Gasteiger partial charge in [0.25, 0.3) is 0 Å². The Bertz CT molecular complexity index is 487. The third-order valence-corrected chi connectivity index (χ3v) is 4.54. The maximum absolute atomic E-state index is 12.5. The number of nitrogens with zero attached hydrogens (tertiary/aromatic N) is 2. The molecule has 19 heavy (non-hydrogen) atoms. The first-order chi connectivity index (χ1) is 8.88. The molecule has 1 fully saturated rings. The van der Waals surface area contributed by atoms with E-state index in [-0.39, 0.29) is 5.02 Å². The maximum atomic E-state index is 12.5. The Labute approximate surface area is 123 Å². The lowest BCUT2D eigenvalue weighted by atomic mass is 10.3. The van der Waals surface area contributed by atoms with E-state index < -0.39 is 11.7 Å². The number of thiocarbonyl (C=S) groups is 1. The molecule has 0 amide bonds. The van der Waals surface area contributed by atoms with Gasteiger partial charge in [0.2, 0.25) is 0 Å². The van der Waals surface area contributed by atoms with Gasteiger partial charge in [-0.1, -0.05) is 23.8 Å². The van der Waals surface area contributed by atoms with Crippen molar-refractivity contribution in [1.29, 1.82) is 0 Å². The Morgan fingerprint density at radius 3 is 2.53 bits per heavy atom. The SMILES string of the molecule is FC(F)(F)c1cnc(SC(=S)N2CCCC2)c(Cl)c1. The van der Waals surface area contributed by atoms with Crippen molar-refractivity contribution in [2.75, 3.05) is 13.1 Å². The number of likely N-dealkylation sites (tertiary alicyclic amines) is 1. The van der Waals surface area contributed by atoms with Crippen molar-refractivity contribution in [1.82, 2.24) is 9.88 Å². The average Bonchev–Trinajstić information content (AvgIpc) is 2.84. The van der Waals surface area contributed by atoms with E-state index in [1.54, 1.807) is 0 Å². The van der Waals surface area contributed by atoms with Gasteiger partial charge in [-0.25, -0.2) is 4.98 Å². The summed E-state index contributed by atoms with van der Waals surface area (Å²) in [7, 11) is 0. The second-order valence-corrected chi connectivity index (χ2v) is 6.10. The summed E-state index contributed by atoms with van der Waals surface area (Å²) in [4.78, 5) is 5.76. The van der Waals surface area contributed by atoms with Gasteiger partial charge >= 0.3 is 6.18 Å². The zero-order chi connectivity index (χ0) is 14.0. The largest absolute Gasteiger partial charge is 0.417 e. The van der Waals surface area contributed by atoms with Crippen LogP contribution in [0.2, 0.25) is 5.02 Å². The Balaban J connectivity index is 2.11. The summed E-state index contributed by atoms with van der Waals surface area (Å²) in [6.07, 6.45) is -1.50. The number of hydrogen-bond acceptors (Lipinski definition) is 3. The Morgan fingerprint density at radius 2 is 2.00 bits per heavy atom. The van der Waals surface area contributed by atoms with Gasteiger partial charge in [0.05, 0.1) is 10.6 Å². The first-order valence-corrected chi connectivity index (χ1v) is 7.17. The molecule has 1 aromatic heterocycles. The van der Waals surface area contributed by atoms with Crippen LogP contribution in [0, 0.1) is 0 Å². The van der Waals surface area contributed by atoms with E-state index in [4.69, 9.17) is 23.8 Å². The van der Waals surface area contributed by atoms with Gasteiger partial charge in [-0.2, -0.15) is 13.2 Å². The summed E-state index contributed by atoms with van der Waals surface area (Å²) in [5.41, 5.74) is -0.853. The van der Waals surface area contributed by atoms with Crippen molar-refractivity contribution >= 4 is 39.9 Å². The van der Waals surface area contributed by atoms with Gasteiger partial charge in [0.1, 0.15) is 9.35 Å². The van der Waals surface area contributed by atoms with Crippen LogP contribution in [-0.4, -0.2) is 27.3 Å². The minimum atomic E-state index is -4.44. The minimum Gasteiger partial charge on any atom is -0.357 e. The number of aromatic nitrogens is 1. The van der Waals surface area contributed by atoms with Gasteiger partial charge in [-0.3, -0.25) is 0 Å². The van der Waals surface area contributed by atoms with Crippen LogP contribution in [0.4, 0.5) is 13.2 Å². The van der Waals surface area contributed by atoms with Crippen LogP contribution >= 0.6 is 35.6 Å². The van der Waals surface area contributed by atoms with E-state index >= 15 is 0 Å². The molecule has 1 aliphatic rings. The predicted octanol–water partition coefficient (Wildman–Crippen LogP) is 4.23. The molecule has 1 aliphatic heterocycles. The summed E-state index contributed by atoms with van der Waals surface area (Å²) >= 11 is 12.2. The summed E-state index contributed by atoms with van der Waals surface area (Å²) in [5.74, 6) is 0. The monoisotopic (exact) mass is 326 g/mol. The van der Waals surface area contributed by atoms with Gasteiger partial charge in [0, 0.05) is 19.3 Å². The molecule has 1 saturated heterocycles. The van der Waals surface area contributed by atoms with Crippen LogP contribution in [0.3, 0.4) is 0 Å². The van der Waals surface area contributed by atoms with E-state index in [0.717, 1.165) is 50.0 Å². The average molecular weight is 327 g/mol. The molecule has 2 nitrogen and oxygen atoms in total. The molecule has 2 rings (SSSR count). The zero-order valence-electron chi connectivity index (χ0n) is 9.71. The summed E-state index contributed by atoms with van der Waals surface area (Å²) in [6.45, 7) is 1.76. The molecule has 8 heteroatoms. The number of rotatable bonds is 1. The molecule has 0 radical (unpaired) electrons. The summed E-state index contributed by atoms with van der Waals surface area (Å²) < 4.78 is 38.0. The summed E-state index contributed by atoms with van der Waals surface area (Å²) in [5, 5.41) is 0.285. The van der Waals surface area contributed by atoms with Gasteiger partial charge < -0.3 is 4.90 Å². The normalized spacial score (nSPS) is 15.9. The fraction of sp³-hybridized carbons (Fsp3) is 0.455. The lowest BCUT2D eigenvalue weighted by Crippen LogP contribution is -2.23. The summed E-state index contributed by atoms with van der Waals surface area (Å²) in [6, 6.07) is 0.878. The number of halogens is 4. The number of alkyl halides is 3.